The fourth-order valence-electron chi connectivity index (χ4n) is 2.72. The maximum absolute atomic E-state index is 11.9. The number of carbonyl (C=O) groups is 2. The van der Waals surface area contributed by atoms with Crippen LogP contribution in [0.25, 0.3) is 0 Å². The summed E-state index contributed by atoms with van der Waals surface area (Å²) in [5.74, 6) is -0.0683. The molecule has 140 valence electrons. The number of hydrogen-bond acceptors (Lipinski definition) is 2. The molecule has 1 rings (SSSR count). The molecule has 0 aliphatic heterocycles. The second-order valence-corrected chi connectivity index (χ2v) is 6.76. The van der Waals surface area contributed by atoms with Crippen LogP contribution in [0.3, 0.4) is 0 Å². The second kappa shape index (κ2) is 13.5. The summed E-state index contributed by atoms with van der Waals surface area (Å²) in [6, 6.07) is 10.4. The Morgan fingerprint density at radius 1 is 0.960 bits per heavy atom. The zero-order chi connectivity index (χ0) is 18.3. The summed E-state index contributed by atoms with van der Waals surface area (Å²) in [7, 11) is 0. The van der Waals surface area contributed by atoms with Gasteiger partial charge in [-0.05, 0) is 31.7 Å². The minimum Gasteiger partial charge on any atom is -0.356 e. The summed E-state index contributed by atoms with van der Waals surface area (Å²) < 4.78 is 0. The molecule has 0 heterocycles. The predicted octanol–water partition coefficient (Wildman–Crippen LogP) is 3.99. The monoisotopic (exact) mass is 346 g/mol. The Kier molecular flexibility index (Phi) is 11.4. The van der Waals surface area contributed by atoms with Crippen molar-refractivity contribution in [3.63, 3.8) is 0 Å². The fraction of sp³-hybridized carbons (Fsp3) is 0.619. The van der Waals surface area contributed by atoms with E-state index in [1.807, 2.05) is 25.1 Å². The van der Waals surface area contributed by atoms with Gasteiger partial charge in [-0.2, -0.15) is 0 Å². The average Bonchev–Trinajstić information content (AvgIpc) is 2.62. The van der Waals surface area contributed by atoms with Crippen molar-refractivity contribution < 1.29 is 9.59 Å². The van der Waals surface area contributed by atoms with Gasteiger partial charge >= 0.3 is 0 Å². The summed E-state index contributed by atoms with van der Waals surface area (Å²) in [6.45, 7) is 4.92. The standard InChI is InChI=1S/C21H34N2O2/c1-3-4-5-6-10-17-22-20(24)15-16-21(25)23-18(2)13-14-19-11-8-7-9-12-19/h7-9,11-12,18H,3-6,10,13-17H2,1-2H3,(H,22,24)(H,23,25)/t18-/m1/s1. The van der Waals surface area contributed by atoms with Gasteiger partial charge in [0.05, 0.1) is 0 Å². The highest BCUT2D eigenvalue weighted by molar-refractivity contribution is 5.83. The Labute approximate surface area is 152 Å². The molecule has 0 unspecified atom stereocenters. The molecule has 0 fully saturated rings. The van der Waals surface area contributed by atoms with E-state index in [0.717, 1.165) is 32.2 Å². The molecular weight excluding hydrogens is 312 g/mol. The molecule has 4 heteroatoms. The molecule has 1 aromatic carbocycles. The Morgan fingerprint density at radius 2 is 1.64 bits per heavy atom. The third kappa shape index (κ3) is 11.4. The van der Waals surface area contributed by atoms with Crippen molar-refractivity contribution in [3.05, 3.63) is 35.9 Å². The highest BCUT2D eigenvalue weighted by atomic mass is 16.2. The van der Waals surface area contributed by atoms with Crippen LogP contribution in [0, 0.1) is 0 Å². The molecule has 0 aliphatic rings. The van der Waals surface area contributed by atoms with E-state index in [9.17, 15) is 9.59 Å². The number of unbranched alkanes of at least 4 members (excludes halogenated alkanes) is 4. The first-order valence-electron chi connectivity index (χ1n) is 9.71. The Balaban J connectivity index is 2.06. The number of carbonyl (C=O) groups excluding carboxylic acids is 2. The third-order valence-electron chi connectivity index (χ3n) is 4.30. The van der Waals surface area contributed by atoms with Crippen LogP contribution in [0.4, 0.5) is 0 Å². The lowest BCUT2D eigenvalue weighted by Crippen LogP contribution is -2.34. The van der Waals surface area contributed by atoms with Crippen molar-refractivity contribution in [2.75, 3.05) is 6.54 Å². The summed E-state index contributed by atoms with van der Waals surface area (Å²) >= 11 is 0. The Hall–Kier alpha value is -1.84. The van der Waals surface area contributed by atoms with Crippen LogP contribution in [0.5, 0.6) is 0 Å². The minimum absolute atomic E-state index is 0.0254. The maximum atomic E-state index is 11.9. The number of nitrogens with one attached hydrogen (secondary N) is 2. The van der Waals surface area contributed by atoms with Crippen LogP contribution in [-0.4, -0.2) is 24.4 Å². The highest BCUT2D eigenvalue weighted by Crippen LogP contribution is 2.05. The number of amides is 2. The molecule has 0 saturated carbocycles. The van der Waals surface area contributed by atoms with Crippen LogP contribution in [0.1, 0.15) is 70.8 Å². The largest absolute Gasteiger partial charge is 0.356 e. The number of hydrogen-bond donors (Lipinski definition) is 2. The molecule has 0 saturated heterocycles. The molecule has 2 amide bonds. The van der Waals surface area contributed by atoms with E-state index in [1.54, 1.807) is 0 Å². The quantitative estimate of drug-likeness (QED) is 0.531. The van der Waals surface area contributed by atoms with Gasteiger partial charge in [-0.15, -0.1) is 0 Å². The molecule has 0 bridgehead atoms. The Bertz CT molecular complexity index is 488. The number of rotatable bonds is 13. The molecular formula is C21H34N2O2. The molecule has 1 atom stereocenters. The molecule has 25 heavy (non-hydrogen) atoms. The topological polar surface area (TPSA) is 58.2 Å². The first-order valence-corrected chi connectivity index (χ1v) is 9.71. The van der Waals surface area contributed by atoms with E-state index in [0.29, 0.717) is 0 Å². The molecule has 0 aromatic heterocycles. The van der Waals surface area contributed by atoms with Gasteiger partial charge in [0, 0.05) is 25.4 Å². The van der Waals surface area contributed by atoms with Gasteiger partial charge in [0.25, 0.3) is 0 Å². The van der Waals surface area contributed by atoms with Crippen LogP contribution in [-0.2, 0) is 16.0 Å². The Morgan fingerprint density at radius 3 is 2.36 bits per heavy atom. The second-order valence-electron chi connectivity index (χ2n) is 6.76. The summed E-state index contributed by atoms with van der Waals surface area (Å²) in [6.07, 6.45) is 8.28. The van der Waals surface area contributed by atoms with E-state index >= 15 is 0 Å². The zero-order valence-electron chi connectivity index (χ0n) is 15.9. The summed E-state index contributed by atoms with van der Waals surface area (Å²) in [5.41, 5.74) is 1.28. The van der Waals surface area contributed by atoms with E-state index in [1.165, 1.54) is 24.8 Å². The molecule has 0 spiro atoms. The summed E-state index contributed by atoms with van der Waals surface area (Å²) in [4.78, 5) is 23.7. The van der Waals surface area contributed by atoms with E-state index in [4.69, 9.17) is 0 Å². The molecule has 0 radical (unpaired) electrons. The number of aryl methyl sites for hydroxylation is 1. The average molecular weight is 347 g/mol. The van der Waals surface area contributed by atoms with E-state index in [-0.39, 0.29) is 30.7 Å². The van der Waals surface area contributed by atoms with Gasteiger partial charge in [-0.1, -0.05) is 62.9 Å². The van der Waals surface area contributed by atoms with Gasteiger partial charge in [0.15, 0.2) is 0 Å². The molecule has 0 aliphatic carbocycles. The lowest BCUT2D eigenvalue weighted by atomic mass is 10.1. The van der Waals surface area contributed by atoms with Crippen molar-refractivity contribution in [1.29, 1.82) is 0 Å². The first kappa shape index (κ1) is 21.2. The molecule has 1 aromatic rings. The smallest absolute Gasteiger partial charge is 0.220 e. The lowest BCUT2D eigenvalue weighted by molar-refractivity contribution is -0.126. The predicted molar refractivity (Wildman–Crippen MR) is 103 cm³/mol. The van der Waals surface area contributed by atoms with Crippen LogP contribution >= 0.6 is 0 Å². The summed E-state index contributed by atoms with van der Waals surface area (Å²) in [5, 5.41) is 5.87. The zero-order valence-corrected chi connectivity index (χ0v) is 15.9. The van der Waals surface area contributed by atoms with Gasteiger partial charge in [-0.25, -0.2) is 0 Å². The van der Waals surface area contributed by atoms with Gasteiger partial charge in [0.2, 0.25) is 11.8 Å². The van der Waals surface area contributed by atoms with Crippen molar-refractivity contribution >= 4 is 11.8 Å². The van der Waals surface area contributed by atoms with Crippen LogP contribution < -0.4 is 10.6 Å². The van der Waals surface area contributed by atoms with Gasteiger partial charge < -0.3 is 10.6 Å². The normalized spacial score (nSPS) is 11.8. The van der Waals surface area contributed by atoms with Crippen molar-refractivity contribution in [3.8, 4) is 0 Å². The van der Waals surface area contributed by atoms with Crippen LogP contribution in [0.2, 0.25) is 0 Å². The molecule has 2 N–H and O–H groups in total. The highest BCUT2D eigenvalue weighted by Gasteiger charge is 2.10. The van der Waals surface area contributed by atoms with Crippen molar-refractivity contribution in [2.24, 2.45) is 0 Å². The SMILES string of the molecule is CCCCCCCNC(=O)CCC(=O)N[C@H](C)CCc1ccccc1. The van der Waals surface area contributed by atoms with E-state index in [2.05, 4.69) is 29.7 Å². The maximum Gasteiger partial charge on any atom is 0.220 e. The third-order valence-corrected chi connectivity index (χ3v) is 4.30. The number of benzene rings is 1. The van der Waals surface area contributed by atoms with E-state index < -0.39 is 0 Å². The van der Waals surface area contributed by atoms with Gasteiger partial charge in [0.1, 0.15) is 0 Å². The fourth-order valence-corrected chi connectivity index (χ4v) is 2.72. The molecule has 4 nitrogen and oxygen atoms in total. The van der Waals surface area contributed by atoms with Crippen LogP contribution in [0.15, 0.2) is 30.3 Å². The lowest BCUT2D eigenvalue weighted by Gasteiger charge is -2.14. The first-order chi connectivity index (χ1) is 12.1. The van der Waals surface area contributed by atoms with Crippen molar-refractivity contribution in [2.45, 2.75) is 77.7 Å². The van der Waals surface area contributed by atoms with Gasteiger partial charge in [-0.3, -0.25) is 9.59 Å². The minimum atomic E-state index is -0.0429. The van der Waals surface area contributed by atoms with Crippen molar-refractivity contribution in [1.82, 2.24) is 10.6 Å².